The summed E-state index contributed by atoms with van der Waals surface area (Å²) >= 11 is 0. The van der Waals surface area contributed by atoms with Gasteiger partial charge in [0, 0.05) is 23.6 Å². The minimum atomic E-state index is -0.227. The molecule has 0 fully saturated rings. The predicted molar refractivity (Wildman–Crippen MR) is 119 cm³/mol. The van der Waals surface area contributed by atoms with E-state index in [9.17, 15) is 5.11 Å². The van der Waals surface area contributed by atoms with Crippen LogP contribution in [0.1, 0.15) is 17.2 Å². The maximum atomic E-state index is 10.9. The lowest BCUT2D eigenvalue weighted by Crippen LogP contribution is -2.13. The molecule has 1 unspecified atom stereocenters. The Morgan fingerprint density at radius 3 is 2.10 bits per heavy atom. The fourth-order valence-electron chi connectivity index (χ4n) is 4.01. The van der Waals surface area contributed by atoms with Crippen molar-refractivity contribution in [2.24, 2.45) is 0 Å². The second-order valence-electron chi connectivity index (χ2n) is 7.10. The molecule has 0 saturated carbocycles. The molecule has 3 nitrogen and oxygen atoms in total. The van der Waals surface area contributed by atoms with Crippen LogP contribution in [0.3, 0.4) is 0 Å². The number of nitrogens with one attached hydrogen (secondary N) is 1. The molecule has 3 heteroatoms. The van der Waals surface area contributed by atoms with Gasteiger partial charge in [-0.2, -0.15) is 0 Å². The Morgan fingerprint density at radius 2 is 1.31 bits per heavy atom. The summed E-state index contributed by atoms with van der Waals surface area (Å²) in [7, 11) is 0. The molecule has 0 saturated heterocycles. The van der Waals surface area contributed by atoms with Crippen molar-refractivity contribution in [1.82, 2.24) is 4.98 Å². The number of benzene rings is 4. The lowest BCUT2D eigenvalue weighted by atomic mass is 9.89. The zero-order valence-corrected chi connectivity index (χ0v) is 15.8. The van der Waals surface area contributed by atoms with Crippen molar-refractivity contribution in [1.29, 1.82) is 0 Å². The van der Waals surface area contributed by atoms with Gasteiger partial charge in [-0.1, -0.05) is 72.8 Å². The monoisotopic (exact) mass is 376 g/mol. The number of nitrogens with zero attached hydrogens (tertiary/aromatic N) is 1. The molecule has 1 heterocycles. The summed E-state index contributed by atoms with van der Waals surface area (Å²) < 4.78 is 0. The summed E-state index contributed by atoms with van der Waals surface area (Å²) in [5.41, 5.74) is 2.94. The summed E-state index contributed by atoms with van der Waals surface area (Å²) in [5.74, 6) is 0.281. The van der Waals surface area contributed by atoms with Gasteiger partial charge in [-0.25, -0.2) is 0 Å². The van der Waals surface area contributed by atoms with Gasteiger partial charge in [0.25, 0.3) is 0 Å². The summed E-state index contributed by atoms with van der Waals surface area (Å²) in [6, 6.07) is 30.2. The van der Waals surface area contributed by atoms with Gasteiger partial charge in [0.15, 0.2) is 0 Å². The number of hydrogen-bond donors (Lipinski definition) is 2. The first kappa shape index (κ1) is 17.3. The Bertz CT molecular complexity index is 1290. The fraction of sp³-hybridized carbons (Fsp3) is 0.0385. The van der Waals surface area contributed by atoms with E-state index in [0.29, 0.717) is 0 Å². The number of aromatic hydroxyl groups is 1. The van der Waals surface area contributed by atoms with Crippen molar-refractivity contribution in [2.45, 2.75) is 6.04 Å². The van der Waals surface area contributed by atoms with Crippen LogP contribution >= 0.6 is 0 Å². The number of phenolic OH excluding ortho intramolecular Hbond substituents is 1. The number of aromatic nitrogens is 1. The van der Waals surface area contributed by atoms with Crippen LogP contribution < -0.4 is 5.32 Å². The molecule has 1 aromatic heterocycles. The summed E-state index contributed by atoms with van der Waals surface area (Å²) in [4.78, 5) is 4.13. The lowest BCUT2D eigenvalue weighted by molar-refractivity contribution is 0.468. The molecular formula is C26H20N2O. The highest BCUT2D eigenvalue weighted by Gasteiger charge is 2.22. The van der Waals surface area contributed by atoms with Crippen LogP contribution in [0.2, 0.25) is 0 Å². The van der Waals surface area contributed by atoms with Crippen molar-refractivity contribution in [3.63, 3.8) is 0 Å². The van der Waals surface area contributed by atoms with Gasteiger partial charge in [0.05, 0.1) is 6.04 Å². The van der Waals surface area contributed by atoms with E-state index in [-0.39, 0.29) is 11.8 Å². The third kappa shape index (κ3) is 3.17. The third-order valence-electron chi connectivity index (χ3n) is 5.36. The maximum Gasteiger partial charge on any atom is 0.121 e. The maximum absolute atomic E-state index is 10.9. The van der Waals surface area contributed by atoms with E-state index in [1.165, 1.54) is 5.39 Å². The fourth-order valence-corrected chi connectivity index (χ4v) is 4.01. The van der Waals surface area contributed by atoms with Crippen molar-refractivity contribution in [2.75, 3.05) is 5.32 Å². The number of hydrogen-bond acceptors (Lipinski definition) is 3. The van der Waals surface area contributed by atoms with Crippen molar-refractivity contribution in [3.05, 3.63) is 115 Å². The molecule has 5 aromatic rings. The summed E-state index contributed by atoms with van der Waals surface area (Å²) in [5, 5.41) is 19.0. The van der Waals surface area contributed by atoms with E-state index in [0.717, 1.165) is 33.0 Å². The van der Waals surface area contributed by atoms with Gasteiger partial charge in [-0.05, 0) is 45.3 Å². The summed E-state index contributed by atoms with van der Waals surface area (Å²) in [6.07, 6.45) is 3.54. The summed E-state index contributed by atoms with van der Waals surface area (Å²) in [6.45, 7) is 0. The van der Waals surface area contributed by atoms with E-state index in [4.69, 9.17) is 0 Å². The van der Waals surface area contributed by atoms with Crippen molar-refractivity contribution in [3.8, 4) is 5.75 Å². The highest BCUT2D eigenvalue weighted by atomic mass is 16.3. The number of rotatable bonds is 4. The Kier molecular flexibility index (Phi) is 4.34. The first-order valence-corrected chi connectivity index (χ1v) is 9.66. The topological polar surface area (TPSA) is 45.1 Å². The van der Waals surface area contributed by atoms with Gasteiger partial charge in [-0.3, -0.25) is 4.98 Å². The van der Waals surface area contributed by atoms with E-state index >= 15 is 0 Å². The smallest absolute Gasteiger partial charge is 0.121 e. The molecule has 0 bridgehead atoms. The Labute approximate surface area is 169 Å². The van der Waals surface area contributed by atoms with Gasteiger partial charge >= 0.3 is 0 Å². The molecule has 1 atom stereocenters. The molecule has 2 N–H and O–H groups in total. The first-order valence-electron chi connectivity index (χ1n) is 9.66. The minimum Gasteiger partial charge on any atom is -0.508 e. The average Bonchev–Trinajstić information content (AvgIpc) is 2.78. The van der Waals surface area contributed by atoms with Gasteiger partial charge in [0.2, 0.25) is 0 Å². The molecule has 0 aliphatic carbocycles. The van der Waals surface area contributed by atoms with Crippen LogP contribution in [-0.4, -0.2) is 10.1 Å². The van der Waals surface area contributed by atoms with Crippen LogP contribution in [0.15, 0.2) is 103 Å². The molecule has 0 amide bonds. The first-order chi connectivity index (χ1) is 14.3. The second kappa shape index (κ2) is 7.28. The Balaban J connectivity index is 1.79. The van der Waals surface area contributed by atoms with Crippen LogP contribution in [-0.2, 0) is 0 Å². The SMILES string of the molecule is Oc1ccc2ccccc2c1C(Nc1ccncc1)c1cccc2ccccc12. The molecule has 4 aromatic carbocycles. The molecule has 0 radical (unpaired) electrons. The van der Waals surface area contributed by atoms with Crippen LogP contribution in [0.4, 0.5) is 5.69 Å². The highest BCUT2D eigenvalue weighted by molar-refractivity contribution is 5.92. The molecule has 0 aliphatic rings. The molecule has 0 aliphatic heterocycles. The van der Waals surface area contributed by atoms with E-state index in [2.05, 4.69) is 58.8 Å². The second-order valence-corrected chi connectivity index (χ2v) is 7.10. The number of pyridine rings is 1. The molecular weight excluding hydrogens is 356 g/mol. The minimum absolute atomic E-state index is 0.227. The third-order valence-corrected chi connectivity index (χ3v) is 5.36. The number of phenols is 1. The van der Waals surface area contributed by atoms with Crippen LogP contribution in [0.25, 0.3) is 21.5 Å². The largest absolute Gasteiger partial charge is 0.508 e. The zero-order valence-electron chi connectivity index (χ0n) is 15.8. The molecule has 5 rings (SSSR count). The van der Waals surface area contributed by atoms with Crippen LogP contribution in [0.5, 0.6) is 5.75 Å². The van der Waals surface area contributed by atoms with E-state index < -0.39 is 0 Å². The molecule has 140 valence electrons. The lowest BCUT2D eigenvalue weighted by Gasteiger charge is -2.25. The molecule has 0 spiro atoms. The predicted octanol–water partition coefficient (Wildman–Crippen LogP) is 6.30. The normalized spacial score (nSPS) is 12.1. The van der Waals surface area contributed by atoms with E-state index in [1.54, 1.807) is 18.5 Å². The standard InChI is InChI=1S/C26H20N2O/c29-24-13-12-19-7-2-4-10-22(19)25(24)26(28-20-14-16-27-17-15-20)23-11-5-8-18-6-1-3-9-21(18)23/h1-17,26,29H,(H,27,28). The quantitative estimate of drug-likeness (QED) is 0.387. The van der Waals surface area contributed by atoms with E-state index in [1.807, 2.05) is 36.4 Å². The Morgan fingerprint density at radius 1 is 0.655 bits per heavy atom. The van der Waals surface area contributed by atoms with Crippen LogP contribution in [0, 0.1) is 0 Å². The number of anilines is 1. The van der Waals surface area contributed by atoms with Gasteiger partial charge in [0.1, 0.15) is 5.75 Å². The Hall–Kier alpha value is -3.85. The van der Waals surface area contributed by atoms with Crippen molar-refractivity contribution < 1.29 is 5.11 Å². The molecule has 29 heavy (non-hydrogen) atoms. The van der Waals surface area contributed by atoms with Gasteiger partial charge in [-0.15, -0.1) is 0 Å². The van der Waals surface area contributed by atoms with Crippen molar-refractivity contribution >= 4 is 27.2 Å². The van der Waals surface area contributed by atoms with Gasteiger partial charge < -0.3 is 10.4 Å². The zero-order chi connectivity index (χ0) is 19.6. The highest BCUT2D eigenvalue weighted by Crippen LogP contribution is 2.39. The number of fused-ring (bicyclic) bond motifs is 2. The average molecular weight is 376 g/mol.